The average molecular weight is 936 g/mol. The maximum Gasteiger partial charge on any atom is 0.472 e. The van der Waals surface area contributed by atoms with Gasteiger partial charge < -0.3 is 28.1 Å². The molecule has 12 heteroatoms. The second-order valence-corrected chi connectivity index (χ2v) is 20.3. The van der Waals surface area contributed by atoms with Crippen molar-refractivity contribution in [2.45, 2.75) is 239 Å². The lowest BCUT2D eigenvalue weighted by Crippen LogP contribution is -2.29. The number of phosphoric acid groups is 1. The number of esters is 2. The normalized spacial score (nSPS) is 13.1. The number of rotatable bonds is 44. The predicted molar refractivity (Wildman–Crippen MR) is 263 cm³/mol. The summed E-state index contributed by atoms with van der Waals surface area (Å²) in [6, 6.07) is 4.45. The fraction of sp³-hybridized carbons (Fsp3) is 0.811. The third kappa shape index (κ3) is 31.3. The van der Waals surface area contributed by atoms with Crippen molar-refractivity contribution in [3.8, 4) is 0 Å². The molecule has 2 aromatic rings. The van der Waals surface area contributed by atoms with Gasteiger partial charge in [0.2, 0.25) is 0 Å². The van der Waals surface area contributed by atoms with E-state index in [0.717, 1.165) is 82.1 Å². The summed E-state index contributed by atoms with van der Waals surface area (Å²) < 4.78 is 46.0. The summed E-state index contributed by atoms with van der Waals surface area (Å²) in [5.74, 6) is 3.81. The van der Waals surface area contributed by atoms with Gasteiger partial charge in [0, 0.05) is 45.1 Å². The Balaban J connectivity index is 1.55. The fourth-order valence-corrected chi connectivity index (χ4v) is 8.87. The van der Waals surface area contributed by atoms with Crippen molar-refractivity contribution in [1.29, 1.82) is 0 Å². The molecule has 2 heterocycles. The number of hydrogen-bond donors (Lipinski definition) is 1. The molecule has 2 rings (SSSR count). The molecule has 376 valence electrons. The maximum absolute atomic E-state index is 12.8. The Morgan fingerprint density at radius 2 is 0.969 bits per heavy atom. The minimum absolute atomic E-state index is 0.000653. The number of aryl methyl sites for hydroxylation is 6. The standard InChI is InChI=1S/C53H94NO10P/c1-7-9-27-33-47-41-45(3)50(62-47)35-29-23-19-15-11-13-17-21-25-31-37-52(55)59-43-49(44-61-65(57,58)60-40-39-54(5)6)64-53(56)38-32-26-22-18-14-12-16-20-24-30-36-51-46(4)42-48(63-51)34-28-10-8-2/h41-42,49H,7-40,43-44H2,1-6H3,(H,57,58)/t49-/m1/s1. The number of carbonyl (C=O) groups excluding carboxylic acids is 2. The molecule has 0 bridgehead atoms. The Bertz CT molecular complexity index is 1540. The molecule has 11 nitrogen and oxygen atoms in total. The molecule has 1 unspecified atom stereocenters. The van der Waals surface area contributed by atoms with E-state index < -0.39 is 26.5 Å². The van der Waals surface area contributed by atoms with Crippen molar-refractivity contribution in [3.05, 3.63) is 46.3 Å². The number of phosphoric ester groups is 1. The quantitative estimate of drug-likeness (QED) is 0.0386. The summed E-state index contributed by atoms with van der Waals surface area (Å²) >= 11 is 0. The molecule has 2 atom stereocenters. The minimum atomic E-state index is -4.38. The Labute approximate surface area is 395 Å². The summed E-state index contributed by atoms with van der Waals surface area (Å²) in [6.07, 6.45) is 33.5. The smallest absolute Gasteiger partial charge is 0.466 e. The highest BCUT2D eigenvalue weighted by molar-refractivity contribution is 7.47. The minimum Gasteiger partial charge on any atom is -0.466 e. The van der Waals surface area contributed by atoms with E-state index in [1.807, 2.05) is 19.0 Å². The van der Waals surface area contributed by atoms with E-state index in [2.05, 4.69) is 39.8 Å². The molecule has 0 amide bonds. The number of carbonyl (C=O) groups is 2. The summed E-state index contributed by atoms with van der Waals surface area (Å²) in [5, 5.41) is 0. The molecule has 0 saturated heterocycles. The predicted octanol–water partition coefficient (Wildman–Crippen LogP) is 14.5. The van der Waals surface area contributed by atoms with Crippen LogP contribution in [0.5, 0.6) is 0 Å². The van der Waals surface area contributed by atoms with Crippen LogP contribution in [0.25, 0.3) is 0 Å². The summed E-state index contributed by atoms with van der Waals surface area (Å²) in [4.78, 5) is 37.4. The molecule has 65 heavy (non-hydrogen) atoms. The van der Waals surface area contributed by atoms with E-state index in [9.17, 15) is 19.0 Å². The zero-order valence-corrected chi connectivity index (χ0v) is 43.1. The van der Waals surface area contributed by atoms with E-state index >= 15 is 0 Å². The first-order valence-corrected chi connectivity index (χ1v) is 27.7. The van der Waals surface area contributed by atoms with Gasteiger partial charge in [-0.05, 0) is 89.7 Å². The number of hydrogen-bond acceptors (Lipinski definition) is 10. The number of unbranched alkanes of at least 4 members (excludes halogenated alkanes) is 22. The SMILES string of the molecule is CCCCCc1cc(C)c(CCCCCCCCCCCCC(=O)OC[C@H](COP(=O)(O)OCCN(C)C)OC(=O)CCCCCCCCCCCCc2oc(CCCCC)cc2C)o1. The van der Waals surface area contributed by atoms with Crippen LogP contribution in [0.1, 0.15) is 228 Å². The monoisotopic (exact) mass is 936 g/mol. The number of nitrogens with zero attached hydrogens (tertiary/aromatic N) is 1. The molecule has 0 aliphatic carbocycles. The van der Waals surface area contributed by atoms with Crippen molar-refractivity contribution in [3.63, 3.8) is 0 Å². The first-order chi connectivity index (χ1) is 31.4. The van der Waals surface area contributed by atoms with Crippen LogP contribution in [-0.4, -0.2) is 68.3 Å². The highest BCUT2D eigenvalue weighted by Gasteiger charge is 2.26. The maximum atomic E-state index is 12.8. The van der Waals surface area contributed by atoms with Crippen LogP contribution in [0.3, 0.4) is 0 Å². The van der Waals surface area contributed by atoms with Gasteiger partial charge in [-0.15, -0.1) is 0 Å². The van der Waals surface area contributed by atoms with Gasteiger partial charge in [0.15, 0.2) is 6.10 Å². The average Bonchev–Trinajstić information content (AvgIpc) is 3.81. The zero-order valence-electron chi connectivity index (χ0n) is 42.2. The Morgan fingerprint density at radius 1 is 0.569 bits per heavy atom. The van der Waals surface area contributed by atoms with E-state index in [4.69, 9.17) is 27.4 Å². The first kappa shape index (κ1) is 58.7. The van der Waals surface area contributed by atoms with Crippen LogP contribution in [0, 0.1) is 13.8 Å². The molecule has 0 aliphatic rings. The second kappa shape index (κ2) is 37.5. The van der Waals surface area contributed by atoms with Gasteiger partial charge in [0.1, 0.15) is 29.6 Å². The van der Waals surface area contributed by atoms with Crippen LogP contribution >= 0.6 is 7.82 Å². The number of furan rings is 2. The second-order valence-electron chi connectivity index (χ2n) is 18.8. The molecule has 0 saturated carbocycles. The molecular weight excluding hydrogens is 842 g/mol. The van der Waals surface area contributed by atoms with Gasteiger partial charge in [0.05, 0.1) is 13.2 Å². The van der Waals surface area contributed by atoms with Crippen molar-refractivity contribution >= 4 is 19.8 Å². The Hall–Kier alpha value is -2.43. The molecule has 1 N–H and O–H groups in total. The van der Waals surface area contributed by atoms with Crippen LogP contribution in [0.15, 0.2) is 21.0 Å². The summed E-state index contributed by atoms with van der Waals surface area (Å²) in [5.41, 5.74) is 2.60. The molecule has 0 fully saturated rings. The van der Waals surface area contributed by atoms with E-state index in [-0.39, 0.29) is 32.0 Å². The van der Waals surface area contributed by atoms with Gasteiger partial charge in [-0.3, -0.25) is 18.6 Å². The first-order valence-electron chi connectivity index (χ1n) is 26.2. The summed E-state index contributed by atoms with van der Waals surface area (Å²) in [7, 11) is -0.733. The molecule has 0 aromatic carbocycles. The van der Waals surface area contributed by atoms with Crippen LogP contribution in [0.2, 0.25) is 0 Å². The third-order valence-corrected chi connectivity index (χ3v) is 13.2. The van der Waals surface area contributed by atoms with Gasteiger partial charge >= 0.3 is 19.8 Å². The van der Waals surface area contributed by atoms with Gasteiger partial charge in [-0.1, -0.05) is 142 Å². The van der Waals surface area contributed by atoms with Crippen molar-refractivity contribution in [2.75, 3.05) is 40.5 Å². The van der Waals surface area contributed by atoms with Crippen LogP contribution in [0.4, 0.5) is 0 Å². The number of ether oxygens (including phenoxy) is 2. The Kier molecular flexibility index (Phi) is 33.9. The van der Waals surface area contributed by atoms with E-state index in [1.54, 1.807) is 0 Å². The lowest BCUT2D eigenvalue weighted by molar-refractivity contribution is -0.161. The van der Waals surface area contributed by atoms with Crippen LogP contribution in [-0.2, 0) is 58.4 Å². The summed E-state index contributed by atoms with van der Waals surface area (Å²) in [6.45, 7) is 8.57. The Morgan fingerprint density at radius 3 is 1.40 bits per heavy atom. The van der Waals surface area contributed by atoms with Crippen molar-refractivity contribution in [1.82, 2.24) is 4.90 Å². The lowest BCUT2D eigenvalue weighted by atomic mass is 10.0. The van der Waals surface area contributed by atoms with Gasteiger partial charge in [-0.25, -0.2) is 4.57 Å². The highest BCUT2D eigenvalue weighted by Crippen LogP contribution is 2.43. The van der Waals surface area contributed by atoms with E-state index in [0.29, 0.717) is 13.0 Å². The molecule has 0 aliphatic heterocycles. The highest BCUT2D eigenvalue weighted by atomic mass is 31.2. The largest absolute Gasteiger partial charge is 0.472 e. The fourth-order valence-electron chi connectivity index (χ4n) is 8.13. The lowest BCUT2D eigenvalue weighted by Gasteiger charge is -2.20. The third-order valence-electron chi connectivity index (χ3n) is 12.2. The van der Waals surface area contributed by atoms with Gasteiger partial charge in [-0.2, -0.15) is 0 Å². The zero-order chi connectivity index (χ0) is 47.4. The van der Waals surface area contributed by atoms with Crippen molar-refractivity contribution in [2.24, 2.45) is 0 Å². The van der Waals surface area contributed by atoms with Crippen LogP contribution < -0.4 is 0 Å². The molecular formula is C53H94NO10P. The molecule has 2 aromatic heterocycles. The molecule has 0 spiro atoms. The van der Waals surface area contributed by atoms with Crippen molar-refractivity contribution < 1.29 is 46.4 Å². The topological polar surface area (TPSA) is 138 Å². The number of likely N-dealkylation sites (N-methyl/N-ethyl adjacent to an activating group) is 1. The molecule has 0 radical (unpaired) electrons. The van der Waals surface area contributed by atoms with E-state index in [1.165, 1.54) is 138 Å². The van der Waals surface area contributed by atoms with Gasteiger partial charge in [0.25, 0.3) is 0 Å².